The van der Waals surface area contributed by atoms with Gasteiger partial charge in [-0.25, -0.2) is 0 Å². The first-order chi connectivity index (χ1) is 14.6. The van der Waals surface area contributed by atoms with Gasteiger partial charge in [-0.1, -0.05) is 0 Å². The fourth-order valence-corrected chi connectivity index (χ4v) is 4.36. The Morgan fingerprint density at radius 2 is 1.90 bits per heavy atom. The van der Waals surface area contributed by atoms with Crippen molar-refractivity contribution in [3.63, 3.8) is 0 Å². The molecule has 8 heteroatoms. The van der Waals surface area contributed by atoms with Gasteiger partial charge in [-0.05, 0) is 62.3 Å². The third kappa shape index (κ3) is 4.09. The van der Waals surface area contributed by atoms with Gasteiger partial charge in [0.25, 0.3) is 11.8 Å². The first-order valence-corrected chi connectivity index (χ1v) is 10.8. The molecule has 0 unspecified atom stereocenters. The Hall–Kier alpha value is -2.74. The standard InChI is InChI=1S/C22H31N5O3/c1-15-13-18(25-19(15)21(28)23-8-12-30-2)27-11-6-7-16-14-17(24-20(16)27)22(29)26-9-4-3-5-10-26/h13-14,24-25H,3-12H2,1-2H3,(H,23,28). The normalized spacial score (nSPS) is 16.5. The molecule has 0 radical (unpaired) electrons. The van der Waals surface area contributed by atoms with Crippen molar-refractivity contribution in [1.29, 1.82) is 0 Å². The summed E-state index contributed by atoms with van der Waals surface area (Å²) in [5.74, 6) is 1.77. The number of fused-ring (bicyclic) bond motifs is 1. The topological polar surface area (TPSA) is 93.5 Å². The SMILES string of the molecule is COCCNC(=O)c1[nH]c(N2CCCc3cc(C(=O)N4CCCCC4)[nH]c32)cc1C. The van der Waals surface area contributed by atoms with E-state index in [0.29, 0.717) is 24.5 Å². The average Bonchev–Trinajstić information content (AvgIpc) is 3.37. The summed E-state index contributed by atoms with van der Waals surface area (Å²) in [6.07, 6.45) is 5.30. The van der Waals surface area contributed by atoms with Crippen LogP contribution in [0.15, 0.2) is 12.1 Å². The van der Waals surface area contributed by atoms with Crippen LogP contribution in [0, 0.1) is 6.92 Å². The van der Waals surface area contributed by atoms with Gasteiger partial charge in [-0.2, -0.15) is 0 Å². The molecule has 8 nitrogen and oxygen atoms in total. The second kappa shape index (κ2) is 8.95. The maximum atomic E-state index is 12.9. The predicted molar refractivity (Wildman–Crippen MR) is 116 cm³/mol. The number of carbonyl (C=O) groups is 2. The highest BCUT2D eigenvalue weighted by Crippen LogP contribution is 2.34. The van der Waals surface area contributed by atoms with Gasteiger partial charge in [0.05, 0.1) is 6.61 Å². The van der Waals surface area contributed by atoms with E-state index in [4.69, 9.17) is 4.74 Å². The first-order valence-electron chi connectivity index (χ1n) is 10.8. The van der Waals surface area contributed by atoms with Gasteiger partial charge in [-0.3, -0.25) is 9.59 Å². The van der Waals surface area contributed by atoms with Crippen molar-refractivity contribution in [2.75, 3.05) is 44.8 Å². The van der Waals surface area contributed by atoms with Crippen LogP contribution in [0.4, 0.5) is 11.6 Å². The first kappa shape index (κ1) is 20.5. The number of ether oxygens (including phenoxy) is 1. The second-order valence-electron chi connectivity index (χ2n) is 8.13. The van der Waals surface area contributed by atoms with E-state index in [0.717, 1.165) is 68.1 Å². The molecule has 30 heavy (non-hydrogen) atoms. The predicted octanol–water partition coefficient (Wildman–Crippen LogP) is 2.74. The zero-order valence-electron chi connectivity index (χ0n) is 17.8. The summed E-state index contributed by atoms with van der Waals surface area (Å²) in [6.45, 7) is 5.37. The lowest BCUT2D eigenvalue weighted by atomic mass is 10.1. The van der Waals surface area contributed by atoms with Crippen LogP contribution in [0.3, 0.4) is 0 Å². The lowest BCUT2D eigenvalue weighted by molar-refractivity contribution is 0.0719. The number of aryl methyl sites for hydroxylation is 2. The Morgan fingerprint density at radius 1 is 1.10 bits per heavy atom. The molecule has 4 heterocycles. The number of likely N-dealkylation sites (tertiary alicyclic amines) is 1. The monoisotopic (exact) mass is 413 g/mol. The second-order valence-corrected chi connectivity index (χ2v) is 8.13. The molecular formula is C22H31N5O3. The van der Waals surface area contributed by atoms with Crippen molar-refractivity contribution in [3.8, 4) is 0 Å². The van der Waals surface area contributed by atoms with E-state index in [-0.39, 0.29) is 11.8 Å². The number of H-pyrrole nitrogens is 2. The van der Waals surface area contributed by atoms with Crippen LogP contribution >= 0.6 is 0 Å². The minimum Gasteiger partial charge on any atom is -0.383 e. The Kier molecular flexibility index (Phi) is 6.13. The summed E-state index contributed by atoms with van der Waals surface area (Å²) in [4.78, 5) is 36.2. The molecule has 2 amide bonds. The highest BCUT2D eigenvalue weighted by atomic mass is 16.5. The molecule has 3 N–H and O–H groups in total. The number of nitrogens with one attached hydrogen (secondary N) is 3. The molecular weight excluding hydrogens is 382 g/mol. The molecule has 1 saturated heterocycles. The lowest BCUT2D eigenvalue weighted by Crippen LogP contribution is -2.35. The smallest absolute Gasteiger partial charge is 0.270 e. The summed E-state index contributed by atoms with van der Waals surface area (Å²) in [5, 5.41) is 2.86. The number of hydrogen-bond donors (Lipinski definition) is 3. The molecule has 2 aliphatic heterocycles. The van der Waals surface area contributed by atoms with Crippen molar-refractivity contribution in [3.05, 3.63) is 34.6 Å². The Balaban J connectivity index is 1.55. The average molecular weight is 414 g/mol. The molecule has 1 fully saturated rings. The maximum Gasteiger partial charge on any atom is 0.270 e. The zero-order chi connectivity index (χ0) is 21.1. The van der Waals surface area contributed by atoms with E-state index in [2.05, 4.69) is 20.2 Å². The van der Waals surface area contributed by atoms with Crippen LogP contribution in [-0.2, 0) is 11.2 Å². The molecule has 4 rings (SSSR count). The number of hydrogen-bond acceptors (Lipinski definition) is 4. The van der Waals surface area contributed by atoms with Gasteiger partial charge in [-0.15, -0.1) is 0 Å². The molecule has 0 saturated carbocycles. The van der Waals surface area contributed by atoms with Crippen LogP contribution in [0.2, 0.25) is 0 Å². The largest absolute Gasteiger partial charge is 0.383 e. The minimum absolute atomic E-state index is 0.0879. The van der Waals surface area contributed by atoms with Crippen LogP contribution in [0.5, 0.6) is 0 Å². The molecule has 0 aromatic carbocycles. The Morgan fingerprint density at radius 3 is 2.67 bits per heavy atom. The highest BCUT2D eigenvalue weighted by molar-refractivity contribution is 5.95. The van der Waals surface area contributed by atoms with Gasteiger partial charge in [0.15, 0.2) is 0 Å². The van der Waals surface area contributed by atoms with Crippen LogP contribution in [-0.4, -0.2) is 66.6 Å². The van der Waals surface area contributed by atoms with Crippen LogP contribution < -0.4 is 10.2 Å². The minimum atomic E-state index is -0.138. The molecule has 162 valence electrons. The Bertz CT molecular complexity index is 910. The van der Waals surface area contributed by atoms with Crippen molar-refractivity contribution in [1.82, 2.24) is 20.2 Å². The third-order valence-corrected chi connectivity index (χ3v) is 5.96. The number of amides is 2. The third-order valence-electron chi connectivity index (χ3n) is 5.96. The van der Waals surface area contributed by atoms with E-state index < -0.39 is 0 Å². The van der Waals surface area contributed by atoms with Crippen LogP contribution in [0.25, 0.3) is 0 Å². The number of anilines is 2. The molecule has 0 spiro atoms. The molecule has 2 aromatic heterocycles. The van der Waals surface area contributed by atoms with Gasteiger partial charge in [0.2, 0.25) is 0 Å². The van der Waals surface area contributed by atoms with Crippen LogP contribution in [0.1, 0.15) is 57.8 Å². The maximum absolute atomic E-state index is 12.9. The number of methoxy groups -OCH3 is 1. The fraction of sp³-hybridized carbons (Fsp3) is 0.545. The van der Waals surface area contributed by atoms with Crippen molar-refractivity contribution in [2.45, 2.75) is 39.0 Å². The quantitative estimate of drug-likeness (QED) is 0.635. The van der Waals surface area contributed by atoms with Crippen molar-refractivity contribution in [2.24, 2.45) is 0 Å². The van der Waals surface area contributed by atoms with E-state index in [1.54, 1.807) is 7.11 Å². The summed E-state index contributed by atoms with van der Waals surface area (Å²) >= 11 is 0. The summed E-state index contributed by atoms with van der Waals surface area (Å²) in [7, 11) is 1.61. The lowest BCUT2D eigenvalue weighted by Gasteiger charge is -2.27. The number of rotatable bonds is 6. The van der Waals surface area contributed by atoms with Gasteiger partial charge in [0, 0.05) is 33.3 Å². The summed E-state index contributed by atoms with van der Waals surface area (Å²) in [5.41, 5.74) is 3.27. The van der Waals surface area contributed by atoms with E-state index >= 15 is 0 Å². The zero-order valence-corrected chi connectivity index (χ0v) is 17.8. The highest BCUT2D eigenvalue weighted by Gasteiger charge is 2.27. The van der Waals surface area contributed by atoms with Gasteiger partial charge < -0.3 is 29.8 Å². The molecule has 2 aliphatic rings. The van der Waals surface area contributed by atoms with Gasteiger partial charge in [0.1, 0.15) is 23.0 Å². The summed E-state index contributed by atoms with van der Waals surface area (Å²) in [6, 6.07) is 4.00. The van der Waals surface area contributed by atoms with Crippen molar-refractivity contribution >= 4 is 23.5 Å². The van der Waals surface area contributed by atoms with E-state index in [1.807, 2.05) is 24.0 Å². The molecule has 0 bridgehead atoms. The van der Waals surface area contributed by atoms with E-state index in [9.17, 15) is 9.59 Å². The molecule has 0 aliphatic carbocycles. The number of carbonyl (C=O) groups excluding carboxylic acids is 2. The molecule has 2 aromatic rings. The number of aromatic nitrogens is 2. The number of nitrogens with zero attached hydrogens (tertiary/aromatic N) is 2. The molecule has 0 atom stereocenters. The number of aromatic amines is 2. The number of piperidine rings is 1. The van der Waals surface area contributed by atoms with Gasteiger partial charge >= 0.3 is 0 Å². The van der Waals surface area contributed by atoms with E-state index in [1.165, 1.54) is 6.42 Å². The Labute approximate surface area is 177 Å². The summed E-state index contributed by atoms with van der Waals surface area (Å²) < 4.78 is 4.99. The van der Waals surface area contributed by atoms with Crippen molar-refractivity contribution < 1.29 is 14.3 Å². The fourth-order valence-electron chi connectivity index (χ4n) is 4.36.